The molecule has 4 aliphatic carbocycles. The average molecular weight is 928 g/mol. The molecule has 0 bridgehead atoms. The van der Waals surface area contributed by atoms with Crippen molar-refractivity contribution in [1.29, 1.82) is 0 Å². The van der Waals surface area contributed by atoms with E-state index in [-0.39, 0.29) is 18.9 Å². The molecule has 15 nitrogen and oxygen atoms in total. The fraction of sp³-hybridized carbons (Fsp3) is 0.940. The number of rotatable bonds is 19. The SMILES string of the molecule is CC(=O)CCNCOC1OC(CO)C(O)C(OC2OC(CO)C(O)C(O)C2O)C1O.CC(C)CCCC(C)C.CNCCCN[C@H]1CCC2(C)C(=CC[C@@H]3C2CCC2(C)C(C)CC[C@@H]32)C1. The molecular weight excluding hydrogens is 835 g/mol. The lowest BCUT2D eigenvalue weighted by Crippen LogP contribution is -2.65. The van der Waals surface area contributed by atoms with Crippen LogP contribution >= 0.6 is 0 Å². The quantitative estimate of drug-likeness (QED) is 0.0505. The van der Waals surface area contributed by atoms with E-state index in [0.717, 1.165) is 48.1 Å². The van der Waals surface area contributed by atoms with Gasteiger partial charge in [0.2, 0.25) is 0 Å². The maximum atomic E-state index is 10.9. The Hall–Kier alpha value is -1.15. The minimum Gasteiger partial charge on any atom is -0.394 e. The van der Waals surface area contributed by atoms with Crippen molar-refractivity contribution in [2.24, 2.45) is 46.3 Å². The molecular formula is C50H93N3O12. The number of carbonyl (C=O) groups is 1. The maximum Gasteiger partial charge on any atom is 0.188 e. The number of ketones is 1. The van der Waals surface area contributed by atoms with Crippen LogP contribution in [0.15, 0.2) is 11.6 Å². The molecule has 65 heavy (non-hydrogen) atoms. The zero-order valence-electron chi connectivity index (χ0n) is 41.5. The van der Waals surface area contributed by atoms with Crippen molar-refractivity contribution >= 4 is 5.78 Å². The maximum absolute atomic E-state index is 10.9. The molecule has 0 aromatic heterocycles. The van der Waals surface area contributed by atoms with Gasteiger partial charge in [-0.2, -0.15) is 0 Å². The predicted molar refractivity (Wildman–Crippen MR) is 250 cm³/mol. The van der Waals surface area contributed by atoms with Crippen LogP contribution < -0.4 is 16.0 Å². The zero-order chi connectivity index (χ0) is 48.1. The molecule has 3 saturated carbocycles. The summed E-state index contributed by atoms with van der Waals surface area (Å²) >= 11 is 0. The van der Waals surface area contributed by atoms with Gasteiger partial charge in [-0.05, 0) is 131 Å². The van der Waals surface area contributed by atoms with E-state index in [1.54, 1.807) is 0 Å². The molecule has 0 aromatic carbocycles. The third kappa shape index (κ3) is 14.9. The van der Waals surface area contributed by atoms with Gasteiger partial charge < -0.3 is 65.3 Å². The molecule has 2 aliphatic heterocycles. The topological polar surface area (TPSA) is 232 Å². The first-order valence-electron chi connectivity index (χ1n) is 25.3. The summed E-state index contributed by atoms with van der Waals surface area (Å²) < 4.78 is 21.4. The van der Waals surface area contributed by atoms with Crippen LogP contribution in [-0.2, 0) is 23.7 Å². The average Bonchev–Trinajstić information content (AvgIpc) is 3.57. The van der Waals surface area contributed by atoms with E-state index in [1.807, 2.05) is 5.57 Å². The molecule has 15 heteroatoms. The van der Waals surface area contributed by atoms with E-state index in [1.165, 1.54) is 90.5 Å². The zero-order valence-corrected chi connectivity index (χ0v) is 41.5. The first-order chi connectivity index (χ1) is 30.8. The lowest BCUT2D eigenvalue weighted by atomic mass is 9.47. The summed E-state index contributed by atoms with van der Waals surface area (Å²) in [7, 11) is 2.05. The highest BCUT2D eigenvalue weighted by atomic mass is 16.7. The second-order valence-corrected chi connectivity index (χ2v) is 21.6. The van der Waals surface area contributed by atoms with Gasteiger partial charge in [0, 0.05) is 19.0 Å². The highest BCUT2D eigenvalue weighted by molar-refractivity contribution is 5.75. The Bertz CT molecular complexity index is 1410. The van der Waals surface area contributed by atoms with E-state index in [2.05, 4.69) is 77.5 Å². The second kappa shape index (κ2) is 26.7. The van der Waals surface area contributed by atoms with Gasteiger partial charge in [0.25, 0.3) is 0 Å². The molecule has 0 radical (unpaired) electrons. The summed E-state index contributed by atoms with van der Waals surface area (Å²) in [6, 6.07) is 0.725. The van der Waals surface area contributed by atoms with E-state index < -0.39 is 74.6 Å². The van der Waals surface area contributed by atoms with Crippen molar-refractivity contribution in [3.05, 3.63) is 11.6 Å². The number of fused-ring (bicyclic) bond motifs is 5. The van der Waals surface area contributed by atoms with Gasteiger partial charge in [0.15, 0.2) is 12.6 Å². The largest absolute Gasteiger partial charge is 0.394 e. The van der Waals surface area contributed by atoms with Crippen molar-refractivity contribution < 1.29 is 59.5 Å². The summed E-state index contributed by atoms with van der Waals surface area (Å²) in [6.45, 7) is 19.6. The Labute approximate surface area is 391 Å². The van der Waals surface area contributed by atoms with Crippen LogP contribution in [0.2, 0.25) is 0 Å². The van der Waals surface area contributed by atoms with E-state index in [0.29, 0.717) is 17.4 Å². The monoisotopic (exact) mass is 928 g/mol. The first-order valence-corrected chi connectivity index (χ1v) is 25.3. The second-order valence-electron chi connectivity index (χ2n) is 21.6. The Morgan fingerprint density at radius 3 is 2.09 bits per heavy atom. The summed E-state index contributed by atoms with van der Waals surface area (Å²) in [4.78, 5) is 10.9. The number of Topliss-reactive ketones (excluding diaryl/α,β-unsaturated/α-hetero) is 1. The number of aliphatic hydroxyl groups is 7. The number of aliphatic hydroxyl groups excluding tert-OH is 7. The number of nitrogens with one attached hydrogen (secondary N) is 3. The Morgan fingerprint density at radius 2 is 1.46 bits per heavy atom. The fourth-order valence-corrected chi connectivity index (χ4v) is 11.8. The van der Waals surface area contributed by atoms with Gasteiger partial charge in [-0.3, -0.25) is 10.1 Å². The van der Waals surface area contributed by atoms with Crippen molar-refractivity contribution in [2.45, 2.75) is 206 Å². The molecule has 6 rings (SSSR count). The summed E-state index contributed by atoms with van der Waals surface area (Å²) in [5, 5.41) is 79.3. The van der Waals surface area contributed by atoms with Crippen LogP contribution in [0, 0.1) is 46.3 Å². The number of hydrogen-bond acceptors (Lipinski definition) is 15. The molecule has 0 spiro atoms. The lowest BCUT2D eigenvalue weighted by molar-refractivity contribution is -0.360. The predicted octanol–water partition coefficient (Wildman–Crippen LogP) is 3.78. The van der Waals surface area contributed by atoms with Crippen molar-refractivity contribution in [2.75, 3.05) is 46.6 Å². The molecule has 10 N–H and O–H groups in total. The van der Waals surface area contributed by atoms with Crippen LogP contribution in [0.1, 0.15) is 139 Å². The van der Waals surface area contributed by atoms with Crippen LogP contribution in [0.5, 0.6) is 0 Å². The molecule has 5 fully saturated rings. The van der Waals surface area contributed by atoms with Crippen LogP contribution in [0.3, 0.4) is 0 Å². The number of carbonyl (C=O) groups excluding carboxylic acids is 1. The third-order valence-corrected chi connectivity index (χ3v) is 16.1. The van der Waals surface area contributed by atoms with E-state index >= 15 is 0 Å². The van der Waals surface area contributed by atoms with E-state index in [9.17, 15) is 40.5 Å². The highest BCUT2D eigenvalue weighted by Gasteiger charge is 2.58. The van der Waals surface area contributed by atoms with Crippen LogP contribution in [0.4, 0.5) is 0 Å². The standard InChI is InChI=1S/C24H42N2.C17H31NO12.C9H20/c1-17-6-9-21-20-8-7-18-16-19(26-15-5-14-25-4)10-12-24(18,3)22(20)11-13-23(17,21)2;1-7(21)2-3-18-6-27-16-14(26)15(11(23)9(5-20)28-16)30-17-13(25)12(24)10(22)8(4-19)29-17;1-8(2)6-5-7-9(3)4/h7,17,19-22,25-26H,5-6,8-16H2,1-4H3;8-20,22-26H,2-6H2,1H3;8-9H,5-7H2,1-4H3/t17?,19-,20-,21-,22?,23?,24?;;/m0../s1. The van der Waals surface area contributed by atoms with Crippen molar-refractivity contribution in [3.8, 4) is 0 Å². The van der Waals surface area contributed by atoms with Gasteiger partial charge in [0.05, 0.1) is 19.9 Å². The van der Waals surface area contributed by atoms with Gasteiger partial charge in [-0.15, -0.1) is 0 Å². The van der Waals surface area contributed by atoms with Gasteiger partial charge in [0.1, 0.15) is 54.6 Å². The smallest absolute Gasteiger partial charge is 0.188 e. The molecule has 380 valence electrons. The van der Waals surface area contributed by atoms with Crippen LogP contribution in [-0.4, -0.2) is 156 Å². The molecule has 0 aromatic rings. The highest BCUT2D eigenvalue weighted by Crippen LogP contribution is 2.66. The lowest BCUT2D eigenvalue weighted by Gasteiger charge is -2.58. The number of ether oxygens (including phenoxy) is 4. The van der Waals surface area contributed by atoms with Crippen molar-refractivity contribution in [3.63, 3.8) is 0 Å². The molecule has 6 aliphatic rings. The van der Waals surface area contributed by atoms with E-state index in [4.69, 9.17) is 18.9 Å². The third-order valence-electron chi connectivity index (χ3n) is 16.1. The minimum absolute atomic E-state index is 0.0205. The van der Waals surface area contributed by atoms with Gasteiger partial charge in [-0.25, -0.2) is 0 Å². The number of hydrogen-bond donors (Lipinski definition) is 10. The number of allylic oxidation sites excluding steroid dienone is 1. The van der Waals surface area contributed by atoms with Gasteiger partial charge in [-0.1, -0.05) is 79.4 Å². The summed E-state index contributed by atoms with van der Waals surface area (Å²) in [5.41, 5.74) is 2.99. The molecule has 2 heterocycles. The molecule has 2 saturated heterocycles. The van der Waals surface area contributed by atoms with Gasteiger partial charge >= 0.3 is 0 Å². The fourth-order valence-electron chi connectivity index (χ4n) is 11.8. The normalized spacial score (nSPS) is 40.2. The molecule has 0 amide bonds. The first kappa shape index (κ1) is 56.4. The minimum atomic E-state index is -1.75. The Balaban J connectivity index is 0.000000241. The molecule has 14 unspecified atom stereocenters. The molecule has 17 atom stereocenters. The van der Waals surface area contributed by atoms with Crippen LogP contribution in [0.25, 0.3) is 0 Å². The summed E-state index contributed by atoms with van der Waals surface area (Å²) in [5.74, 6) is 5.66. The Morgan fingerprint density at radius 1 is 0.800 bits per heavy atom. The Kier molecular flexibility index (Phi) is 23.2. The van der Waals surface area contributed by atoms with Crippen molar-refractivity contribution in [1.82, 2.24) is 16.0 Å². The summed E-state index contributed by atoms with van der Waals surface area (Å²) in [6.07, 6.45) is 4.87.